The molecule has 0 radical (unpaired) electrons. The van der Waals surface area contributed by atoms with Crippen LogP contribution in [-0.2, 0) is 9.53 Å². The fraction of sp³-hybridized carbons (Fsp3) is 0.786. The lowest BCUT2D eigenvalue weighted by molar-refractivity contribution is -0.157. The fourth-order valence-electron chi connectivity index (χ4n) is 3.88. The highest BCUT2D eigenvalue weighted by Gasteiger charge is 2.60. The molecule has 0 N–H and O–H groups in total. The second-order valence-electron chi connectivity index (χ2n) is 5.71. The van der Waals surface area contributed by atoms with Crippen LogP contribution in [0.15, 0.2) is 0 Å². The van der Waals surface area contributed by atoms with E-state index >= 15 is 0 Å². The van der Waals surface area contributed by atoms with Crippen LogP contribution < -0.4 is 4.90 Å². The zero-order chi connectivity index (χ0) is 14.3. The Morgan fingerprint density at radius 2 is 2.30 bits per heavy atom. The third-order valence-electron chi connectivity index (χ3n) is 4.79. The number of carbonyl (C=O) groups is 1. The quantitative estimate of drug-likeness (QED) is 0.799. The van der Waals surface area contributed by atoms with E-state index in [9.17, 15) is 4.79 Å². The first-order valence-corrected chi connectivity index (χ1v) is 8.15. The summed E-state index contributed by atoms with van der Waals surface area (Å²) in [6, 6.07) is 0.639. The van der Waals surface area contributed by atoms with Crippen LogP contribution in [0.2, 0.25) is 0 Å². The van der Waals surface area contributed by atoms with E-state index < -0.39 is 0 Å². The van der Waals surface area contributed by atoms with Gasteiger partial charge in [-0.2, -0.15) is 4.37 Å². The van der Waals surface area contributed by atoms with E-state index in [4.69, 9.17) is 4.74 Å². The van der Waals surface area contributed by atoms with Crippen molar-refractivity contribution in [2.75, 3.05) is 11.5 Å². The minimum atomic E-state index is -0.349. The van der Waals surface area contributed by atoms with Gasteiger partial charge in [-0.1, -0.05) is 6.92 Å². The second kappa shape index (κ2) is 4.98. The van der Waals surface area contributed by atoms with Gasteiger partial charge in [-0.3, -0.25) is 4.79 Å². The Balaban J connectivity index is 1.92. The first kappa shape index (κ1) is 13.8. The van der Waals surface area contributed by atoms with Crippen LogP contribution in [0.3, 0.4) is 0 Å². The molecule has 6 heteroatoms. The second-order valence-corrected chi connectivity index (χ2v) is 6.44. The largest absolute Gasteiger partial charge is 0.466 e. The van der Waals surface area contributed by atoms with Crippen LogP contribution in [0.5, 0.6) is 0 Å². The van der Waals surface area contributed by atoms with Crippen LogP contribution in [0.1, 0.15) is 45.4 Å². The molecular formula is C14H21N3O2S. The predicted molar refractivity (Wildman–Crippen MR) is 77.9 cm³/mol. The molecule has 0 aliphatic carbocycles. The molecule has 3 rings (SSSR count). The summed E-state index contributed by atoms with van der Waals surface area (Å²) in [5.74, 6) is 0.787. The molecule has 5 nitrogen and oxygen atoms in total. The third-order valence-corrected chi connectivity index (χ3v) is 5.61. The fourth-order valence-corrected chi connectivity index (χ4v) is 4.68. The molecule has 2 aliphatic rings. The molecule has 0 amide bonds. The summed E-state index contributed by atoms with van der Waals surface area (Å²) in [5.41, 5.74) is -0.349. The van der Waals surface area contributed by atoms with Crippen molar-refractivity contribution in [2.45, 2.75) is 58.5 Å². The Hall–Kier alpha value is -1.17. The Morgan fingerprint density at radius 3 is 2.90 bits per heavy atom. The van der Waals surface area contributed by atoms with E-state index in [1.54, 1.807) is 0 Å². The van der Waals surface area contributed by atoms with E-state index in [-0.39, 0.29) is 17.4 Å². The van der Waals surface area contributed by atoms with Gasteiger partial charge in [0.1, 0.15) is 5.82 Å². The summed E-state index contributed by atoms with van der Waals surface area (Å²) in [6.45, 7) is 6.34. The van der Waals surface area contributed by atoms with Crippen LogP contribution in [0.4, 0.5) is 5.13 Å². The SMILES string of the molecule is CCOC(=O)[C@@]1(CC)C[C@H]2CC[C@@H]1N2c1nc(C)ns1. The van der Waals surface area contributed by atoms with Gasteiger partial charge in [-0.25, -0.2) is 4.98 Å². The summed E-state index contributed by atoms with van der Waals surface area (Å²) in [7, 11) is 0. The zero-order valence-corrected chi connectivity index (χ0v) is 13.1. The number of fused-ring (bicyclic) bond motifs is 2. The van der Waals surface area contributed by atoms with Crippen molar-refractivity contribution in [3.63, 3.8) is 0 Å². The van der Waals surface area contributed by atoms with E-state index in [0.29, 0.717) is 12.6 Å². The summed E-state index contributed by atoms with van der Waals surface area (Å²) < 4.78 is 9.65. The number of hydrogen-bond donors (Lipinski definition) is 0. The lowest BCUT2D eigenvalue weighted by atomic mass is 9.72. The Labute approximate surface area is 123 Å². The van der Waals surface area contributed by atoms with Gasteiger partial charge in [-0.15, -0.1) is 0 Å². The first-order valence-electron chi connectivity index (χ1n) is 7.38. The highest BCUT2D eigenvalue weighted by molar-refractivity contribution is 7.09. The number of rotatable bonds is 4. The van der Waals surface area contributed by atoms with Gasteiger partial charge in [0.2, 0.25) is 5.13 Å². The molecular weight excluding hydrogens is 274 g/mol. The number of ether oxygens (including phenoxy) is 1. The highest BCUT2D eigenvalue weighted by atomic mass is 32.1. The maximum Gasteiger partial charge on any atom is 0.314 e. The average molecular weight is 295 g/mol. The van der Waals surface area contributed by atoms with Crippen molar-refractivity contribution in [1.82, 2.24) is 9.36 Å². The van der Waals surface area contributed by atoms with Gasteiger partial charge in [0.05, 0.1) is 12.0 Å². The average Bonchev–Trinajstić information content (AvgIpc) is 3.11. The van der Waals surface area contributed by atoms with Crippen molar-refractivity contribution in [1.29, 1.82) is 0 Å². The topological polar surface area (TPSA) is 55.3 Å². The number of nitrogens with zero attached hydrogens (tertiary/aromatic N) is 3. The predicted octanol–water partition coefficient (Wildman–Crippen LogP) is 2.55. The number of esters is 1. The van der Waals surface area contributed by atoms with Gasteiger partial charge in [0, 0.05) is 23.6 Å². The monoisotopic (exact) mass is 295 g/mol. The third kappa shape index (κ3) is 1.84. The molecule has 0 unspecified atom stereocenters. The molecule has 2 aliphatic heterocycles. The molecule has 2 fully saturated rings. The van der Waals surface area contributed by atoms with Crippen LogP contribution in [0, 0.1) is 12.3 Å². The van der Waals surface area contributed by atoms with E-state index in [1.807, 2.05) is 13.8 Å². The summed E-state index contributed by atoms with van der Waals surface area (Å²) >= 11 is 1.44. The van der Waals surface area contributed by atoms with Gasteiger partial charge in [0.15, 0.2) is 0 Å². The maximum atomic E-state index is 12.5. The molecule has 1 aromatic rings. The Kier molecular flexibility index (Phi) is 3.44. The normalized spacial score (nSPS) is 31.9. The molecule has 0 saturated carbocycles. The molecule has 110 valence electrons. The number of aryl methyl sites for hydroxylation is 1. The van der Waals surface area contributed by atoms with E-state index in [1.165, 1.54) is 11.5 Å². The summed E-state index contributed by atoms with van der Waals surface area (Å²) in [5, 5.41) is 0.967. The maximum absolute atomic E-state index is 12.5. The van der Waals surface area contributed by atoms with E-state index in [0.717, 1.165) is 36.6 Å². The van der Waals surface area contributed by atoms with Crippen molar-refractivity contribution in [3.05, 3.63) is 5.82 Å². The molecule has 1 aromatic heterocycles. The number of anilines is 1. The van der Waals surface area contributed by atoms with E-state index in [2.05, 4.69) is 21.2 Å². The molecule has 3 atom stereocenters. The molecule has 2 saturated heterocycles. The minimum absolute atomic E-state index is 0.0269. The van der Waals surface area contributed by atoms with Crippen LogP contribution >= 0.6 is 11.5 Å². The van der Waals surface area contributed by atoms with Crippen LogP contribution in [-0.4, -0.2) is 34.0 Å². The molecule has 20 heavy (non-hydrogen) atoms. The van der Waals surface area contributed by atoms with Crippen LogP contribution in [0.25, 0.3) is 0 Å². The number of carbonyl (C=O) groups excluding carboxylic acids is 1. The van der Waals surface area contributed by atoms with Gasteiger partial charge in [-0.05, 0) is 39.5 Å². The first-order chi connectivity index (χ1) is 9.62. The smallest absolute Gasteiger partial charge is 0.314 e. The van der Waals surface area contributed by atoms with Crippen molar-refractivity contribution in [3.8, 4) is 0 Å². The van der Waals surface area contributed by atoms with Gasteiger partial charge >= 0.3 is 5.97 Å². The van der Waals surface area contributed by atoms with Crippen molar-refractivity contribution >= 4 is 22.6 Å². The summed E-state index contributed by atoms with van der Waals surface area (Å²) in [6.07, 6.45) is 3.92. The summed E-state index contributed by atoms with van der Waals surface area (Å²) in [4.78, 5) is 19.3. The van der Waals surface area contributed by atoms with Gasteiger partial charge < -0.3 is 9.64 Å². The standard InChI is InChI=1S/C14H21N3O2S/c1-4-14(12(18)19-5-2)8-10-6-7-11(14)17(10)13-15-9(3)16-20-13/h10-11H,4-8H2,1-3H3/t10-,11+,14+/m1/s1. The molecule has 0 aromatic carbocycles. The Bertz CT molecular complexity index is 518. The minimum Gasteiger partial charge on any atom is -0.466 e. The van der Waals surface area contributed by atoms with Crippen molar-refractivity contribution < 1.29 is 9.53 Å². The van der Waals surface area contributed by atoms with Crippen molar-refractivity contribution in [2.24, 2.45) is 5.41 Å². The molecule has 0 spiro atoms. The number of hydrogen-bond acceptors (Lipinski definition) is 6. The lowest BCUT2D eigenvalue weighted by Gasteiger charge is -2.33. The molecule has 3 heterocycles. The Morgan fingerprint density at radius 1 is 1.50 bits per heavy atom. The number of aromatic nitrogens is 2. The molecule has 2 bridgehead atoms. The van der Waals surface area contributed by atoms with Gasteiger partial charge in [0.25, 0.3) is 0 Å². The highest BCUT2D eigenvalue weighted by Crippen LogP contribution is 2.54. The lowest BCUT2D eigenvalue weighted by Crippen LogP contribution is -2.44. The zero-order valence-electron chi connectivity index (χ0n) is 12.3.